The molecule has 0 fully saturated rings. The monoisotopic (exact) mass is 496 g/mol. The Labute approximate surface area is 207 Å². The lowest BCUT2D eigenvalue weighted by Crippen LogP contribution is -2.33. The van der Waals surface area contributed by atoms with Crippen LogP contribution in [0.15, 0.2) is 53.7 Å². The average molecular weight is 497 g/mol. The Hall–Kier alpha value is -3.73. The fourth-order valence-electron chi connectivity index (χ4n) is 3.48. The maximum atomic E-state index is 12.9. The van der Waals surface area contributed by atoms with Crippen LogP contribution in [0.5, 0.6) is 0 Å². The van der Waals surface area contributed by atoms with E-state index < -0.39 is 16.9 Å². The Bertz CT molecular complexity index is 1230. The molecular weight excluding hydrogens is 468 g/mol. The van der Waals surface area contributed by atoms with Gasteiger partial charge in [-0.2, -0.15) is 0 Å². The van der Waals surface area contributed by atoms with E-state index in [1.165, 1.54) is 36.0 Å². The first kappa shape index (κ1) is 25.9. The summed E-state index contributed by atoms with van der Waals surface area (Å²) >= 11 is 1.26. The molecule has 184 valence electrons. The van der Waals surface area contributed by atoms with Gasteiger partial charge in [-0.15, -0.1) is 10.2 Å². The molecule has 1 aromatic heterocycles. The van der Waals surface area contributed by atoms with Gasteiger partial charge in [0.1, 0.15) is 0 Å². The number of aromatic nitrogens is 3. The van der Waals surface area contributed by atoms with Crippen molar-refractivity contribution in [3.63, 3.8) is 0 Å². The highest BCUT2D eigenvalue weighted by Crippen LogP contribution is 2.26. The molecule has 0 aliphatic carbocycles. The third-order valence-electron chi connectivity index (χ3n) is 5.36. The SMILES string of the molecule is CCn1c(SCC(=O)Nc2ccccc2C)nnc1[C@@H](NC(=O)c1cccc([N+](=O)[O-])c1)C(C)C. The second kappa shape index (κ2) is 11.6. The van der Waals surface area contributed by atoms with Gasteiger partial charge in [-0.3, -0.25) is 19.7 Å². The summed E-state index contributed by atoms with van der Waals surface area (Å²) in [5, 5.41) is 26.0. The van der Waals surface area contributed by atoms with Crippen molar-refractivity contribution in [2.45, 2.75) is 45.4 Å². The number of nitro benzene ring substituents is 1. The number of carbonyl (C=O) groups is 2. The van der Waals surface area contributed by atoms with E-state index in [1.54, 1.807) is 0 Å². The number of hydrogen-bond donors (Lipinski definition) is 2. The van der Waals surface area contributed by atoms with Gasteiger partial charge < -0.3 is 15.2 Å². The van der Waals surface area contributed by atoms with E-state index in [9.17, 15) is 19.7 Å². The quantitative estimate of drug-likeness (QED) is 0.242. The number of nitrogens with zero attached hydrogens (tertiary/aromatic N) is 4. The minimum Gasteiger partial charge on any atom is -0.342 e. The summed E-state index contributed by atoms with van der Waals surface area (Å²) in [6.07, 6.45) is 0. The lowest BCUT2D eigenvalue weighted by atomic mass is 10.0. The van der Waals surface area contributed by atoms with Crippen LogP contribution in [-0.4, -0.2) is 37.3 Å². The molecular formula is C24H28N6O4S. The molecule has 0 spiro atoms. The zero-order valence-corrected chi connectivity index (χ0v) is 20.8. The smallest absolute Gasteiger partial charge is 0.270 e. The first-order valence-corrected chi connectivity index (χ1v) is 12.2. The first-order chi connectivity index (χ1) is 16.7. The molecule has 35 heavy (non-hydrogen) atoms. The number of nitrogens with one attached hydrogen (secondary N) is 2. The zero-order chi connectivity index (χ0) is 25.5. The van der Waals surface area contributed by atoms with Gasteiger partial charge in [0.25, 0.3) is 11.6 Å². The highest BCUT2D eigenvalue weighted by molar-refractivity contribution is 7.99. The van der Waals surface area contributed by atoms with Gasteiger partial charge in [-0.05, 0) is 37.5 Å². The van der Waals surface area contributed by atoms with E-state index in [4.69, 9.17) is 0 Å². The third kappa shape index (κ3) is 6.44. The van der Waals surface area contributed by atoms with E-state index in [1.807, 2.05) is 56.5 Å². The van der Waals surface area contributed by atoms with Crippen molar-refractivity contribution in [1.82, 2.24) is 20.1 Å². The second-order valence-corrected chi connectivity index (χ2v) is 9.18. The summed E-state index contributed by atoms with van der Waals surface area (Å²) in [6.45, 7) is 8.28. The number of nitro groups is 1. The Morgan fingerprint density at radius 3 is 2.54 bits per heavy atom. The number of benzene rings is 2. The summed E-state index contributed by atoms with van der Waals surface area (Å²) in [4.78, 5) is 35.9. The standard InChI is InChI=1S/C24H28N6O4S/c1-5-29-22(21(15(2)3)26-23(32)17-10-8-11-18(13-17)30(33)34)27-28-24(29)35-14-20(31)25-19-12-7-6-9-16(19)4/h6-13,15,21H,5,14H2,1-4H3,(H,25,31)(H,26,32)/t21-/m0/s1. The van der Waals surface area contributed by atoms with Crippen LogP contribution < -0.4 is 10.6 Å². The molecule has 2 aromatic carbocycles. The van der Waals surface area contributed by atoms with Crippen molar-refractivity contribution in [3.8, 4) is 0 Å². The molecule has 0 aliphatic heterocycles. The molecule has 2 amide bonds. The van der Waals surface area contributed by atoms with Crippen molar-refractivity contribution >= 4 is 35.0 Å². The van der Waals surface area contributed by atoms with Gasteiger partial charge in [-0.25, -0.2) is 0 Å². The molecule has 0 saturated heterocycles. The van der Waals surface area contributed by atoms with Gasteiger partial charge in [0, 0.05) is 29.9 Å². The minimum absolute atomic E-state index is 0.0330. The number of hydrogen-bond acceptors (Lipinski definition) is 7. The number of anilines is 1. The third-order valence-corrected chi connectivity index (χ3v) is 6.33. The van der Waals surface area contributed by atoms with E-state index in [0.717, 1.165) is 11.3 Å². The predicted molar refractivity (Wildman–Crippen MR) is 134 cm³/mol. The lowest BCUT2D eigenvalue weighted by molar-refractivity contribution is -0.384. The molecule has 3 rings (SSSR count). The highest BCUT2D eigenvalue weighted by atomic mass is 32.2. The normalized spacial score (nSPS) is 11.8. The van der Waals surface area contributed by atoms with Crippen molar-refractivity contribution in [1.29, 1.82) is 0 Å². The predicted octanol–water partition coefficient (Wildman–Crippen LogP) is 4.37. The lowest BCUT2D eigenvalue weighted by Gasteiger charge is -2.22. The summed E-state index contributed by atoms with van der Waals surface area (Å²) < 4.78 is 1.87. The van der Waals surface area contributed by atoms with Crippen LogP contribution in [-0.2, 0) is 11.3 Å². The maximum absolute atomic E-state index is 12.9. The number of para-hydroxylation sites is 1. The Kier molecular flexibility index (Phi) is 8.58. The number of carbonyl (C=O) groups excluding carboxylic acids is 2. The Morgan fingerprint density at radius 2 is 1.89 bits per heavy atom. The number of thioether (sulfide) groups is 1. The molecule has 0 bridgehead atoms. The summed E-state index contributed by atoms with van der Waals surface area (Å²) in [7, 11) is 0. The molecule has 10 nitrogen and oxygen atoms in total. The van der Waals surface area contributed by atoms with Crippen LogP contribution in [0.3, 0.4) is 0 Å². The average Bonchev–Trinajstić information content (AvgIpc) is 3.24. The first-order valence-electron chi connectivity index (χ1n) is 11.2. The molecule has 0 saturated carbocycles. The van der Waals surface area contributed by atoms with Gasteiger partial charge in [-0.1, -0.05) is 49.9 Å². The zero-order valence-electron chi connectivity index (χ0n) is 20.0. The van der Waals surface area contributed by atoms with E-state index >= 15 is 0 Å². The topological polar surface area (TPSA) is 132 Å². The number of aryl methyl sites for hydroxylation is 1. The summed E-state index contributed by atoms with van der Waals surface area (Å²) in [6, 6.07) is 12.6. The largest absolute Gasteiger partial charge is 0.342 e. The molecule has 0 radical (unpaired) electrons. The molecule has 11 heteroatoms. The van der Waals surface area contributed by atoms with E-state index in [0.29, 0.717) is 17.5 Å². The Balaban J connectivity index is 1.74. The maximum Gasteiger partial charge on any atom is 0.270 e. The fraction of sp³-hybridized carbons (Fsp3) is 0.333. The summed E-state index contributed by atoms with van der Waals surface area (Å²) in [5.41, 5.74) is 1.77. The van der Waals surface area contributed by atoms with Crippen LogP contribution in [0.25, 0.3) is 0 Å². The number of non-ortho nitro benzene ring substituents is 1. The van der Waals surface area contributed by atoms with Crippen LogP contribution in [0, 0.1) is 23.0 Å². The van der Waals surface area contributed by atoms with Crippen LogP contribution in [0.4, 0.5) is 11.4 Å². The Morgan fingerprint density at radius 1 is 1.14 bits per heavy atom. The van der Waals surface area contributed by atoms with Crippen molar-refractivity contribution in [2.24, 2.45) is 5.92 Å². The van der Waals surface area contributed by atoms with Gasteiger partial charge >= 0.3 is 0 Å². The summed E-state index contributed by atoms with van der Waals surface area (Å²) in [5.74, 6) is 0.0805. The molecule has 1 heterocycles. The number of amides is 2. The van der Waals surface area contributed by atoms with Gasteiger partial charge in [0.15, 0.2) is 11.0 Å². The van der Waals surface area contributed by atoms with Crippen molar-refractivity contribution in [3.05, 3.63) is 75.6 Å². The van der Waals surface area contributed by atoms with Gasteiger partial charge in [0.05, 0.1) is 16.7 Å². The van der Waals surface area contributed by atoms with E-state index in [-0.39, 0.29) is 28.8 Å². The molecule has 1 atom stereocenters. The van der Waals surface area contributed by atoms with Crippen molar-refractivity contribution < 1.29 is 14.5 Å². The minimum atomic E-state index is -0.539. The van der Waals surface area contributed by atoms with Crippen LogP contribution >= 0.6 is 11.8 Å². The molecule has 0 aliphatic rings. The van der Waals surface area contributed by atoms with Gasteiger partial charge in [0.2, 0.25) is 5.91 Å². The highest BCUT2D eigenvalue weighted by Gasteiger charge is 2.26. The van der Waals surface area contributed by atoms with E-state index in [2.05, 4.69) is 20.8 Å². The van der Waals surface area contributed by atoms with Crippen molar-refractivity contribution in [2.75, 3.05) is 11.1 Å². The number of rotatable bonds is 10. The molecule has 3 aromatic rings. The van der Waals surface area contributed by atoms with Crippen LogP contribution in [0.1, 0.15) is 48.6 Å². The van der Waals surface area contributed by atoms with Crippen LogP contribution in [0.2, 0.25) is 0 Å². The molecule has 2 N–H and O–H groups in total. The second-order valence-electron chi connectivity index (χ2n) is 8.24. The molecule has 0 unspecified atom stereocenters. The fourth-order valence-corrected chi connectivity index (χ4v) is 4.29.